The first-order valence-corrected chi connectivity index (χ1v) is 9.81. The SMILES string of the molecule is CC(=O)OC1CC(C)C2(CCC(=CC(=O)O)O2)C2(C)CCCC(C)(C)C12. The van der Waals surface area contributed by atoms with Gasteiger partial charge in [0.25, 0.3) is 0 Å². The number of hydrogen-bond acceptors (Lipinski definition) is 4. The summed E-state index contributed by atoms with van der Waals surface area (Å²) in [5.41, 5.74) is -0.489. The quantitative estimate of drug-likeness (QED) is 0.584. The molecule has 1 saturated heterocycles. The Kier molecular flexibility index (Phi) is 4.65. The Morgan fingerprint density at radius 3 is 2.54 bits per heavy atom. The zero-order chi connectivity index (χ0) is 19.3. The van der Waals surface area contributed by atoms with Crippen molar-refractivity contribution in [3.63, 3.8) is 0 Å². The van der Waals surface area contributed by atoms with Gasteiger partial charge in [0.2, 0.25) is 0 Å². The molecule has 0 aromatic rings. The lowest BCUT2D eigenvalue weighted by atomic mass is 9.43. The summed E-state index contributed by atoms with van der Waals surface area (Å²) in [6.07, 6.45) is 6.61. The van der Waals surface area contributed by atoms with E-state index in [4.69, 9.17) is 14.6 Å². The molecule has 26 heavy (non-hydrogen) atoms. The van der Waals surface area contributed by atoms with Crippen LogP contribution in [0.25, 0.3) is 0 Å². The third-order valence-corrected chi connectivity index (χ3v) is 7.42. The molecule has 1 aliphatic heterocycles. The van der Waals surface area contributed by atoms with Gasteiger partial charge < -0.3 is 14.6 Å². The number of carboxylic acids is 1. The van der Waals surface area contributed by atoms with E-state index in [0.29, 0.717) is 12.2 Å². The Labute approximate surface area is 156 Å². The van der Waals surface area contributed by atoms with Crippen molar-refractivity contribution in [3.8, 4) is 0 Å². The van der Waals surface area contributed by atoms with Crippen molar-refractivity contribution < 1.29 is 24.2 Å². The lowest BCUT2D eigenvalue weighted by molar-refractivity contribution is -0.243. The molecule has 2 saturated carbocycles. The largest absolute Gasteiger partial charge is 0.490 e. The Bertz CT molecular complexity index is 636. The summed E-state index contributed by atoms with van der Waals surface area (Å²) in [7, 11) is 0. The molecule has 1 heterocycles. The number of fused-ring (bicyclic) bond motifs is 2. The maximum atomic E-state index is 11.8. The number of carbonyl (C=O) groups excluding carboxylic acids is 1. The van der Waals surface area contributed by atoms with Crippen molar-refractivity contribution in [2.24, 2.45) is 22.7 Å². The second kappa shape index (κ2) is 6.28. The van der Waals surface area contributed by atoms with Gasteiger partial charge in [0.15, 0.2) is 0 Å². The summed E-state index contributed by atoms with van der Waals surface area (Å²) >= 11 is 0. The second-order valence-electron chi connectivity index (χ2n) is 9.46. The highest BCUT2D eigenvalue weighted by Crippen LogP contribution is 2.67. The summed E-state index contributed by atoms with van der Waals surface area (Å²) in [5.74, 6) is -0.196. The standard InChI is InChI=1S/C21H32O5/c1-13-11-16(25-14(2)22)18-19(3,4)8-6-9-20(18,5)21(13)10-7-15(26-21)12-17(23)24/h12-13,16,18H,6-11H2,1-5H3,(H,23,24). The zero-order valence-corrected chi connectivity index (χ0v) is 16.6. The average molecular weight is 364 g/mol. The van der Waals surface area contributed by atoms with Gasteiger partial charge in [-0.1, -0.05) is 34.1 Å². The molecule has 5 atom stereocenters. The maximum absolute atomic E-state index is 11.8. The first-order valence-electron chi connectivity index (χ1n) is 9.81. The first-order chi connectivity index (χ1) is 12.0. The molecule has 3 fully saturated rings. The highest BCUT2D eigenvalue weighted by Gasteiger charge is 2.68. The van der Waals surface area contributed by atoms with Crippen LogP contribution in [-0.4, -0.2) is 28.8 Å². The van der Waals surface area contributed by atoms with Crippen molar-refractivity contribution in [3.05, 3.63) is 11.8 Å². The third-order valence-electron chi connectivity index (χ3n) is 7.42. The Morgan fingerprint density at radius 1 is 1.23 bits per heavy atom. The zero-order valence-electron chi connectivity index (χ0n) is 16.6. The van der Waals surface area contributed by atoms with Crippen LogP contribution in [-0.2, 0) is 19.1 Å². The van der Waals surface area contributed by atoms with Gasteiger partial charge in [0.05, 0.1) is 6.08 Å². The van der Waals surface area contributed by atoms with Crippen molar-refractivity contribution in [1.82, 2.24) is 0 Å². The second-order valence-corrected chi connectivity index (χ2v) is 9.46. The van der Waals surface area contributed by atoms with Crippen molar-refractivity contribution in [2.75, 3.05) is 0 Å². The molecular formula is C21H32O5. The normalized spacial score (nSPS) is 43.0. The van der Waals surface area contributed by atoms with Gasteiger partial charge in [-0.3, -0.25) is 4.79 Å². The van der Waals surface area contributed by atoms with Crippen LogP contribution >= 0.6 is 0 Å². The van der Waals surface area contributed by atoms with Crippen LogP contribution < -0.4 is 0 Å². The number of ether oxygens (including phenoxy) is 2. The average Bonchev–Trinajstić information content (AvgIpc) is 2.88. The van der Waals surface area contributed by atoms with Gasteiger partial charge >= 0.3 is 11.9 Å². The predicted octanol–water partition coefficient (Wildman–Crippen LogP) is 4.31. The highest BCUT2D eigenvalue weighted by molar-refractivity contribution is 5.80. The number of esters is 1. The van der Waals surface area contributed by atoms with E-state index >= 15 is 0 Å². The van der Waals surface area contributed by atoms with Crippen molar-refractivity contribution in [2.45, 2.75) is 84.8 Å². The summed E-state index contributed by atoms with van der Waals surface area (Å²) in [4.78, 5) is 22.9. The molecule has 0 bridgehead atoms. The number of aliphatic carboxylic acids is 1. The van der Waals surface area contributed by atoms with Crippen LogP contribution in [0.15, 0.2) is 11.8 Å². The first kappa shape index (κ1) is 19.2. The summed E-state index contributed by atoms with van der Waals surface area (Å²) in [6.45, 7) is 10.5. The fourth-order valence-electron chi connectivity index (χ4n) is 6.67. The summed E-state index contributed by atoms with van der Waals surface area (Å²) in [5, 5.41) is 9.13. The van der Waals surface area contributed by atoms with E-state index in [0.717, 1.165) is 32.1 Å². The molecule has 0 aromatic carbocycles. The van der Waals surface area contributed by atoms with Gasteiger partial charge in [-0.15, -0.1) is 0 Å². The van der Waals surface area contributed by atoms with E-state index in [1.807, 2.05) is 0 Å². The summed E-state index contributed by atoms with van der Waals surface area (Å²) in [6, 6.07) is 0. The topological polar surface area (TPSA) is 72.8 Å². The maximum Gasteiger partial charge on any atom is 0.331 e. The minimum absolute atomic E-state index is 0.0445. The molecule has 5 unspecified atom stereocenters. The number of carboxylic acid groups (broad SMARTS) is 1. The van der Waals surface area contributed by atoms with Crippen LogP contribution in [0.1, 0.15) is 73.1 Å². The Balaban J connectivity index is 2.05. The van der Waals surface area contributed by atoms with Gasteiger partial charge in [-0.2, -0.15) is 0 Å². The number of carbonyl (C=O) groups is 2. The lowest BCUT2D eigenvalue weighted by Crippen LogP contribution is -2.66. The van der Waals surface area contributed by atoms with Crippen molar-refractivity contribution >= 4 is 11.9 Å². The van der Waals surface area contributed by atoms with Crippen LogP contribution in [0.5, 0.6) is 0 Å². The van der Waals surface area contributed by atoms with Gasteiger partial charge in [-0.25, -0.2) is 4.79 Å². The Hall–Kier alpha value is -1.52. The lowest BCUT2D eigenvalue weighted by Gasteiger charge is -2.64. The smallest absolute Gasteiger partial charge is 0.331 e. The van der Waals surface area contributed by atoms with Crippen molar-refractivity contribution in [1.29, 1.82) is 0 Å². The molecule has 3 aliphatic rings. The van der Waals surface area contributed by atoms with Crippen LogP contribution in [0.2, 0.25) is 0 Å². The molecule has 146 valence electrons. The molecule has 0 radical (unpaired) electrons. The van der Waals surface area contributed by atoms with Gasteiger partial charge in [0.1, 0.15) is 17.5 Å². The molecule has 0 amide bonds. The number of hydrogen-bond donors (Lipinski definition) is 1. The number of allylic oxidation sites excluding steroid dienone is 1. The number of rotatable bonds is 2. The molecule has 3 rings (SSSR count). The van der Waals surface area contributed by atoms with E-state index in [1.165, 1.54) is 13.0 Å². The van der Waals surface area contributed by atoms with E-state index in [2.05, 4.69) is 27.7 Å². The van der Waals surface area contributed by atoms with Crippen LogP contribution in [0.3, 0.4) is 0 Å². The monoisotopic (exact) mass is 364 g/mol. The molecule has 1 N–H and O–H groups in total. The summed E-state index contributed by atoms with van der Waals surface area (Å²) < 4.78 is 12.3. The Morgan fingerprint density at radius 2 is 1.92 bits per heavy atom. The molecule has 0 aromatic heterocycles. The molecular weight excluding hydrogens is 332 g/mol. The van der Waals surface area contributed by atoms with Gasteiger partial charge in [-0.05, 0) is 37.0 Å². The van der Waals surface area contributed by atoms with Crippen LogP contribution in [0, 0.1) is 22.7 Å². The third kappa shape index (κ3) is 2.84. The minimum atomic E-state index is -0.955. The highest BCUT2D eigenvalue weighted by atomic mass is 16.5. The molecule has 5 heteroatoms. The van der Waals surface area contributed by atoms with E-state index < -0.39 is 5.97 Å². The molecule has 2 aliphatic carbocycles. The fraction of sp³-hybridized carbons (Fsp3) is 0.810. The fourth-order valence-corrected chi connectivity index (χ4v) is 6.67. The predicted molar refractivity (Wildman–Crippen MR) is 97.3 cm³/mol. The van der Waals surface area contributed by atoms with E-state index in [-0.39, 0.29) is 40.3 Å². The molecule has 5 nitrogen and oxygen atoms in total. The molecule has 1 spiro atoms. The van der Waals surface area contributed by atoms with Crippen LogP contribution in [0.4, 0.5) is 0 Å². The van der Waals surface area contributed by atoms with E-state index in [9.17, 15) is 9.59 Å². The van der Waals surface area contributed by atoms with Gasteiger partial charge in [0, 0.05) is 24.7 Å². The minimum Gasteiger partial charge on any atom is -0.490 e. The van der Waals surface area contributed by atoms with E-state index in [1.54, 1.807) is 0 Å².